The number of hydrogen-bond acceptors (Lipinski definition) is 10. The highest BCUT2D eigenvalue weighted by atomic mass is 32.1. The largest absolute Gasteiger partial charge is 0.508 e. The van der Waals surface area contributed by atoms with Crippen LogP contribution in [-0.4, -0.2) is 70.1 Å². The molecule has 346 valence electrons. The van der Waals surface area contributed by atoms with Crippen molar-refractivity contribution in [1.82, 2.24) is 20.5 Å². The van der Waals surface area contributed by atoms with E-state index in [1.54, 1.807) is 35.2 Å². The van der Waals surface area contributed by atoms with E-state index in [4.69, 9.17) is 9.47 Å². The van der Waals surface area contributed by atoms with Gasteiger partial charge in [0, 0.05) is 71.7 Å². The van der Waals surface area contributed by atoms with Crippen LogP contribution in [0.5, 0.6) is 23.0 Å². The number of benzene rings is 4. The van der Waals surface area contributed by atoms with Crippen molar-refractivity contribution < 1.29 is 43.7 Å². The first kappa shape index (κ1) is 45.0. The molecular formula is C52H53N5O9S. The van der Waals surface area contributed by atoms with Gasteiger partial charge in [0.15, 0.2) is 5.60 Å². The average Bonchev–Trinajstić information content (AvgIpc) is 4.00. The number of aromatic hydroxyl groups is 2. The number of amides is 4. The lowest BCUT2D eigenvalue weighted by atomic mass is 9.77. The number of nitrogens with one attached hydrogen (secondary N) is 3. The molecule has 0 radical (unpaired) electrons. The molecule has 6 aromatic rings. The second-order valence-corrected chi connectivity index (χ2v) is 18.5. The zero-order valence-electron chi connectivity index (χ0n) is 37.4. The van der Waals surface area contributed by atoms with Gasteiger partial charge in [0.25, 0.3) is 11.8 Å². The predicted octanol–water partition coefficient (Wildman–Crippen LogP) is 8.44. The summed E-state index contributed by atoms with van der Waals surface area (Å²) in [5.74, 6) is -0.853. The van der Waals surface area contributed by atoms with Gasteiger partial charge < -0.3 is 45.1 Å². The fourth-order valence-electron chi connectivity index (χ4n) is 9.72. The first-order valence-electron chi connectivity index (χ1n) is 23.0. The van der Waals surface area contributed by atoms with Crippen LogP contribution in [0.1, 0.15) is 112 Å². The molecule has 0 atom stereocenters. The van der Waals surface area contributed by atoms with E-state index in [-0.39, 0.29) is 65.1 Å². The van der Waals surface area contributed by atoms with Crippen molar-refractivity contribution in [3.05, 3.63) is 135 Å². The highest BCUT2D eigenvalue weighted by Crippen LogP contribution is 2.57. The van der Waals surface area contributed by atoms with E-state index in [1.165, 1.54) is 35.6 Å². The van der Waals surface area contributed by atoms with Crippen LogP contribution >= 0.6 is 11.3 Å². The molecule has 14 nitrogen and oxygen atoms in total. The summed E-state index contributed by atoms with van der Waals surface area (Å²) in [6.45, 7) is 5.49. The number of hydrogen-bond donors (Lipinski definition) is 5. The van der Waals surface area contributed by atoms with Gasteiger partial charge in [0.2, 0.25) is 11.8 Å². The highest BCUT2D eigenvalue weighted by Gasteiger charge is 2.54. The van der Waals surface area contributed by atoms with E-state index in [0.29, 0.717) is 78.8 Å². The maximum atomic E-state index is 13.7. The summed E-state index contributed by atoms with van der Waals surface area (Å²) >= 11 is 1.54. The standard InChI is InChI=1S/C52H53N5O9S/c1-3-56(35-10-8-9-31(2)25-35)47(60)30-57-42-21-24-67-46(42)29-43(57)50(63)55-34-14-11-32(12-15-34)48(61)53-22-6-4-5-7-23-54-49(62)33-13-18-38-41(26-33)52(66-51(38)64)39-19-16-36(58)27-44(39)65-45-28-37(59)17-20-40(45)52/h8-10,13,16-21,24-29,32,34,58-59H,3-7,11-12,14-15,22-23,30H2,1-2H3,(H,53,61)(H,54,62)(H,55,63). The summed E-state index contributed by atoms with van der Waals surface area (Å²) < 4.78 is 14.9. The maximum absolute atomic E-state index is 13.7. The summed E-state index contributed by atoms with van der Waals surface area (Å²) in [6.07, 6.45) is 5.98. The molecule has 15 heteroatoms. The van der Waals surface area contributed by atoms with E-state index in [9.17, 15) is 34.2 Å². The molecule has 1 aliphatic carbocycles. The fraction of sp³-hybridized carbons (Fsp3) is 0.327. The number of carbonyl (C=O) groups is 5. The number of esters is 1. The van der Waals surface area contributed by atoms with Crippen LogP contribution < -0.4 is 25.6 Å². The van der Waals surface area contributed by atoms with Gasteiger partial charge in [0.05, 0.1) is 15.8 Å². The molecule has 4 heterocycles. The van der Waals surface area contributed by atoms with E-state index < -0.39 is 11.6 Å². The lowest BCUT2D eigenvalue weighted by Gasteiger charge is -2.36. The number of aryl methyl sites for hydroxylation is 1. The van der Waals surface area contributed by atoms with Crippen molar-refractivity contribution in [3.8, 4) is 23.0 Å². The second-order valence-electron chi connectivity index (χ2n) is 17.5. The van der Waals surface area contributed by atoms with E-state index in [1.807, 2.05) is 60.2 Å². The van der Waals surface area contributed by atoms with Crippen LogP contribution in [0.4, 0.5) is 5.69 Å². The van der Waals surface area contributed by atoms with Gasteiger partial charge in [-0.05, 0) is 130 Å². The number of aromatic nitrogens is 1. The lowest BCUT2D eigenvalue weighted by Crippen LogP contribution is -2.42. The summed E-state index contributed by atoms with van der Waals surface area (Å²) in [7, 11) is 0. The van der Waals surface area contributed by atoms with E-state index in [2.05, 4.69) is 16.0 Å². The van der Waals surface area contributed by atoms with E-state index in [0.717, 1.165) is 47.2 Å². The summed E-state index contributed by atoms with van der Waals surface area (Å²) in [5, 5.41) is 31.7. The van der Waals surface area contributed by atoms with Crippen LogP contribution in [0.15, 0.2) is 96.4 Å². The smallest absolute Gasteiger partial charge is 0.340 e. The quantitative estimate of drug-likeness (QED) is 0.0498. The number of phenols is 2. The van der Waals surface area contributed by atoms with Crippen molar-refractivity contribution in [1.29, 1.82) is 0 Å². The molecule has 67 heavy (non-hydrogen) atoms. The Hall–Kier alpha value is -7.13. The Kier molecular flexibility index (Phi) is 12.8. The molecule has 2 aromatic heterocycles. The van der Waals surface area contributed by atoms with Gasteiger partial charge in [-0.2, -0.15) is 0 Å². The number of likely N-dealkylation sites (N-methyl/N-ethyl adjacent to an activating group) is 1. The summed E-state index contributed by atoms with van der Waals surface area (Å²) in [6, 6.07) is 25.5. The molecule has 0 bridgehead atoms. The number of carbonyl (C=O) groups excluding carboxylic acids is 5. The van der Waals surface area contributed by atoms with Gasteiger partial charge in [-0.1, -0.05) is 25.0 Å². The number of unbranched alkanes of at least 4 members (excludes halogenated alkanes) is 3. The Labute approximate surface area is 391 Å². The Morgan fingerprint density at radius 3 is 2.18 bits per heavy atom. The minimum atomic E-state index is -1.46. The number of fused-ring (bicyclic) bond motifs is 7. The molecule has 1 fully saturated rings. The molecular weight excluding hydrogens is 871 g/mol. The van der Waals surface area contributed by atoms with Crippen LogP contribution in [0.25, 0.3) is 10.2 Å². The molecule has 5 N–H and O–H groups in total. The summed E-state index contributed by atoms with van der Waals surface area (Å²) in [5.41, 5.74) is 3.81. The number of phenolic OH excluding ortho intramolecular Hbond substituents is 2. The second kappa shape index (κ2) is 19.0. The molecule has 3 aliphatic rings. The third-order valence-electron chi connectivity index (χ3n) is 13.1. The van der Waals surface area contributed by atoms with Gasteiger partial charge >= 0.3 is 5.97 Å². The molecule has 1 saturated carbocycles. The molecule has 0 saturated heterocycles. The minimum Gasteiger partial charge on any atom is -0.508 e. The number of rotatable bonds is 15. The molecule has 1 spiro atoms. The van der Waals surface area contributed by atoms with Gasteiger partial charge in [0.1, 0.15) is 35.2 Å². The zero-order valence-corrected chi connectivity index (χ0v) is 38.2. The molecule has 0 unspecified atom stereocenters. The third-order valence-corrected chi connectivity index (χ3v) is 14.0. The maximum Gasteiger partial charge on any atom is 0.340 e. The van der Waals surface area contributed by atoms with Crippen LogP contribution in [0.3, 0.4) is 0 Å². The first-order chi connectivity index (χ1) is 32.4. The number of anilines is 1. The Bertz CT molecular complexity index is 2840. The van der Waals surface area contributed by atoms with Crippen molar-refractivity contribution in [3.63, 3.8) is 0 Å². The van der Waals surface area contributed by atoms with Crippen molar-refractivity contribution in [2.45, 2.75) is 83.4 Å². The van der Waals surface area contributed by atoms with Crippen molar-refractivity contribution in [2.24, 2.45) is 5.92 Å². The molecule has 4 amide bonds. The predicted molar refractivity (Wildman–Crippen MR) is 254 cm³/mol. The summed E-state index contributed by atoms with van der Waals surface area (Å²) in [4.78, 5) is 68.9. The first-order valence-corrected chi connectivity index (χ1v) is 23.8. The molecule has 4 aromatic carbocycles. The number of nitrogens with zero attached hydrogens (tertiary/aromatic N) is 2. The number of thiophene rings is 1. The fourth-order valence-corrected chi connectivity index (χ4v) is 10.5. The Balaban J connectivity index is 0.710. The van der Waals surface area contributed by atoms with Crippen molar-refractivity contribution >= 4 is 56.8 Å². The van der Waals surface area contributed by atoms with E-state index >= 15 is 0 Å². The van der Waals surface area contributed by atoms with Crippen molar-refractivity contribution in [2.75, 3.05) is 24.5 Å². The van der Waals surface area contributed by atoms with Crippen LogP contribution in [0.2, 0.25) is 0 Å². The highest BCUT2D eigenvalue weighted by molar-refractivity contribution is 7.17. The normalized spacial score (nSPS) is 16.6. The topological polar surface area (TPSA) is 189 Å². The number of ether oxygens (including phenoxy) is 2. The minimum absolute atomic E-state index is 0.0333. The van der Waals surface area contributed by atoms with Gasteiger partial charge in [-0.15, -0.1) is 11.3 Å². The third kappa shape index (κ3) is 8.95. The van der Waals surface area contributed by atoms with Crippen LogP contribution in [0, 0.1) is 12.8 Å². The zero-order chi connectivity index (χ0) is 46.8. The average molecular weight is 924 g/mol. The van der Waals surface area contributed by atoms with Crippen LogP contribution in [-0.2, 0) is 26.5 Å². The monoisotopic (exact) mass is 923 g/mol. The van der Waals surface area contributed by atoms with Gasteiger partial charge in [-0.3, -0.25) is 19.2 Å². The Morgan fingerprint density at radius 2 is 1.49 bits per heavy atom. The Morgan fingerprint density at radius 1 is 0.791 bits per heavy atom. The molecule has 2 aliphatic heterocycles. The lowest BCUT2D eigenvalue weighted by molar-refractivity contribution is -0.126. The SMILES string of the molecule is CCN(C(=O)Cn1c(C(=O)NC2CCC(C(=O)NCCCCCCNC(=O)c3ccc4c(c3)C3(OC4=O)c4ccc(O)cc4Oc4cc(O)ccc43)CC2)cc2sccc21)c1cccc(C)c1. The van der Waals surface area contributed by atoms with Gasteiger partial charge in [-0.25, -0.2) is 4.79 Å². The molecule has 9 rings (SSSR count).